The number of nitrogens with two attached hydrogens (primary N) is 1. The Bertz CT molecular complexity index is 975. The Morgan fingerprint density at radius 2 is 1.69 bits per heavy atom. The average molecular weight is 496 g/mol. The molecule has 0 spiro atoms. The molecule has 0 aliphatic heterocycles. The highest BCUT2D eigenvalue weighted by Crippen LogP contribution is 2.23. The molecule has 1 atom stereocenters. The second-order valence-corrected chi connectivity index (χ2v) is 9.26. The predicted octanol–water partition coefficient (Wildman–Crippen LogP) is 2.92. The van der Waals surface area contributed by atoms with E-state index >= 15 is 0 Å². The van der Waals surface area contributed by atoms with Gasteiger partial charge < -0.3 is 31.7 Å². The monoisotopic (exact) mass is 495 g/mol. The van der Waals surface area contributed by atoms with Crippen molar-refractivity contribution in [1.82, 2.24) is 16.0 Å². The number of carbonyl (C=O) groups is 3. The third-order valence-corrected chi connectivity index (χ3v) is 6.29. The van der Waals surface area contributed by atoms with Crippen LogP contribution >= 0.6 is 0 Å². The lowest BCUT2D eigenvalue weighted by Gasteiger charge is -2.29. The van der Waals surface area contributed by atoms with Crippen molar-refractivity contribution >= 4 is 23.5 Å². The number of hydrogen-bond donors (Lipinski definition) is 5. The van der Waals surface area contributed by atoms with Gasteiger partial charge in [-0.3, -0.25) is 9.59 Å². The zero-order valence-corrected chi connectivity index (χ0v) is 20.8. The number of benzene rings is 2. The van der Waals surface area contributed by atoms with Crippen molar-refractivity contribution in [3.63, 3.8) is 0 Å². The number of hydrogen-bond acceptors (Lipinski definition) is 5. The summed E-state index contributed by atoms with van der Waals surface area (Å²) >= 11 is 0. The number of ether oxygens (including phenoxy) is 1. The third-order valence-electron chi connectivity index (χ3n) is 6.29. The summed E-state index contributed by atoms with van der Waals surface area (Å²) in [6.07, 6.45) is 4.24. The van der Waals surface area contributed by atoms with Crippen LogP contribution in [-0.4, -0.2) is 43.0 Å². The number of nitrogens with one attached hydrogen (secondary N) is 4. The standard InChI is InChI=1S/C27H37N5O4/c1-19-7-9-21(10-8-19)30-26(34)24(15-16-29-25(33)17-28)32-27(35)31-22-11-13-23(14-12-22)36-18-20-5-3-2-4-6-20/h2-6,11-14,19,21,24H,7-10,15-18,28H2,1H3,(H,29,33)(H,30,34)(H2,31,32,35)/t19?,21?,24-/m0/s1. The first-order valence-electron chi connectivity index (χ1n) is 12.5. The molecule has 0 bridgehead atoms. The number of anilines is 1. The van der Waals surface area contributed by atoms with Gasteiger partial charge in [0.05, 0.1) is 6.54 Å². The number of carbonyl (C=O) groups excluding carboxylic acids is 3. The van der Waals surface area contributed by atoms with Crippen molar-refractivity contribution in [1.29, 1.82) is 0 Å². The van der Waals surface area contributed by atoms with E-state index in [9.17, 15) is 14.4 Å². The smallest absolute Gasteiger partial charge is 0.319 e. The third kappa shape index (κ3) is 9.22. The lowest BCUT2D eigenvalue weighted by Crippen LogP contribution is -2.52. The van der Waals surface area contributed by atoms with Crippen LogP contribution < -0.4 is 31.7 Å². The Morgan fingerprint density at radius 3 is 2.36 bits per heavy atom. The first-order chi connectivity index (χ1) is 17.4. The van der Waals surface area contributed by atoms with E-state index in [1.54, 1.807) is 24.3 Å². The maximum atomic E-state index is 13.0. The van der Waals surface area contributed by atoms with Gasteiger partial charge in [0.25, 0.3) is 0 Å². The molecule has 9 nitrogen and oxygen atoms in total. The molecule has 2 aromatic carbocycles. The molecular weight excluding hydrogens is 458 g/mol. The molecule has 1 aliphatic rings. The number of amides is 4. The van der Waals surface area contributed by atoms with Crippen LogP contribution in [0.2, 0.25) is 0 Å². The van der Waals surface area contributed by atoms with Crippen molar-refractivity contribution in [3.05, 3.63) is 60.2 Å². The lowest BCUT2D eigenvalue weighted by molar-refractivity contribution is -0.124. The lowest BCUT2D eigenvalue weighted by atomic mass is 9.87. The minimum absolute atomic E-state index is 0.100. The fraction of sp³-hybridized carbons (Fsp3) is 0.444. The Hall–Kier alpha value is -3.59. The van der Waals surface area contributed by atoms with E-state index in [4.69, 9.17) is 10.5 Å². The molecule has 0 unspecified atom stereocenters. The SMILES string of the molecule is CC1CCC(NC(=O)[C@H](CCNC(=O)CN)NC(=O)Nc2ccc(OCc3ccccc3)cc2)CC1. The Labute approximate surface area is 212 Å². The summed E-state index contributed by atoms with van der Waals surface area (Å²) in [5.74, 6) is 0.782. The minimum Gasteiger partial charge on any atom is -0.489 e. The van der Waals surface area contributed by atoms with Gasteiger partial charge in [0.2, 0.25) is 11.8 Å². The van der Waals surface area contributed by atoms with Crippen molar-refractivity contribution in [2.45, 2.75) is 57.7 Å². The first kappa shape index (κ1) is 27.0. The van der Waals surface area contributed by atoms with E-state index in [1.807, 2.05) is 30.3 Å². The Balaban J connectivity index is 1.52. The summed E-state index contributed by atoms with van der Waals surface area (Å²) in [5.41, 5.74) is 6.96. The van der Waals surface area contributed by atoms with Gasteiger partial charge >= 0.3 is 6.03 Å². The van der Waals surface area contributed by atoms with Gasteiger partial charge in [-0.15, -0.1) is 0 Å². The van der Waals surface area contributed by atoms with Gasteiger partial charge in [-0.1, -0.05) is 37.3 Å². The molecule has 1 fully saturated rings. The molecule has 0 saturated heterocycles. The zero-order valence-electron chi connectivity index (χ0n) is 20.8. The van der Waals surface area contributed by atoms with E-state index in [0.717, 1.165) is 31.2 Å². The normalized spacial score (nSPS) is 17.9. The summed E-state index contributed by atoms with van der Waals surface area (Å²) in [4.78, 5) is 37.1. The summed E-state index contributed by atoms with van der Waals surface area (Å²) in [6.45, 7) is 2.76. The van der Waals surface area contributed by atoms with Gasteiger partial charge in [0.1, 0.15) is 18.4 Å². The molecule has 1 aliphatic carbocycles. The van der Waals surface area contributed by atoms with Crippen LogP contribution in [0.5, 0.6) is 5.75 Å². The van der Waals surface area contributed by atoms with E-state index < -0.39 is 12.1 Å². The van der Waals surface area contributed by atoms with Crippen LogP contribution in [0.15, 0.2) is 54.6 Å². The molecular formula is C27H37N5O4. The van der Waals surface area contributed by atoms with Crippen LogP contribution in [0, 0.1) is 5.92 Å². The molecule has 9 heteroatoms. The van der Waals surface area contributed by atoms with E-state index in [1.165, 1.54) is 0 Å². The van der Waals surface area contributed by atoms with Gasteiger partial charge in [-0.05, 0) is 67.9 Å². The highest BCUT2D eigenvalue weighted by molar-refractivity contribution is 5.93. The van der Waals surface area contributed by atoms with Gasteiger partial charge in [-0.2, -0.15) is 0 Å². The first-order valence-corrected chi connectivity index (χ1v) is 12.5. The summed E-state index contributed by atoms with van der Waals surface area (Å²) in [6, 6.07) is 15.7. The van der Waals surface area contributed by atoms with Crippen LogP contribution in [0.4, 0.5) is 10.5 Å². The second kappa shape index (κ2) is 14.1. The predicted molar refractivity (Wildman–Crippen MR) is 139 cm³/mol. The highest BCUT2D eigenvalue weighted by atomic mass is 16.5. The maximum absolute atomic E-state index is 13.0. The molecule has 6 N–H and O–H groups in total. The van der Waals surface area contributed by atoms with Crippen molar-refractivity contribution in [2.24, 2.45) is 11.7 Å². The minimum atomic E-state index is -0.795. The average Bonchev–Trinajstić information content (AvgIpc) is 2.89. The fourth-order valence-electron chi connectivity index (χ4n) is 4.10. The number of rotatable bonds is 11. The molecule has 0 radical (unpaired) electrons. The topological polar surface area (TPSA) is 135 Å². The molecule has 1 saturated carbocycles. The molecule has 3 rings (SSSR count). The summed E-state index contributed by atoms with van der Waals surface area (Å²) in [7, 11) is 0. The largest absolute Gasteiger partial charge is 0.489 e. The molecule has 194 valence electrons. The van der Waals surface area contributed by atoms with Crippen LogP contribution in [0.1, 0.15) is 44.6 Å². The van der Waals surface area contributed by atoms with E-state index in [0.29, 0.717) is 24.0 Å². The van der Waals surface area contributed by atoms with Gasteiger partial charge in [-0.25, -0.2) is 4.79 Å². The molecule has 4 amide bonds. The highest BCUT2D eigenvalue weighted by Gasteiger charge is 2.25. The van der Waals surface area contributed by atoms with Crippen LogP contribution in [0.3, 0.4) is 0 Å². The zero-order chi connectivity index (χ0) is 25.8. The quantitative estimate of drug-likeness (QED) is 0.327. The second-order valence-electron chi connectivity index (χ2n) is 9.26. The van der Waals surface area contributed by atoms with E-state index in [-0.39, 0.29) is 37.4 Å². The molecule has 2 aromatic rings. The Morgan fingerprint density at radius 1 is 1.00 bits per heavy atom. The maximum Gasteiger partial charge on any atom is 0.319 e. The molecule has 36 heavy (non-hydrogen) atoms. The summed E-state index contributed by atoms with van der Waals surface area (Å²) in [5, 5.41) is 11.2. The van der Waals surface area contributed by atoms with Gasteiger partial charge in [0.15, 0.2) is 0 Å². The van der Waals surface area contributed by atoms with Crippen LogP contribution in [-0.2, 0) is 16.2 Å². The van der Waals surface area contributed by atoms with Crippen LogP contribution in [0.25, 0.3) is 0 Å². The molecule has 0 aromatic heterocycles. The van der Waals surface area contributed by atoms with Crippen molar-refractivity contribution in [3.8, 4) is 5.75 Å². The van der Waals surface area contributed by atoms with Gasteiger partial charge in [0, 0.05) is 18.3 Å². The number of urea groups is 1. The van der Waals surface area contributed by atoms with Crippen molar-refractivity contribution < 1.29 is 19.1 Å². The Kier molecular flexibility index (Phi) is 10.6. The fourth-order valence-corrected chi connectivity index (χ4v) is 4.10. The molecule has 0 heterocycles. The van der Waals surface area contributed by atoms with Crippen molar-refractivity contribution in [2.75, 3.05) is 18.4 Å². The summed E-state index contributed by atoms with van der Waals surface area (Å²) < 4.78 is 5.77. The van der Waals surface area contributed by atoms with E-state index in [2.05, 4.69) is 28.2 Å².